The summed E-state index contributed by atoms with van der Waals surface area (Å²) >= 11 is 3.31. The first-order valence-corrected chi connectivity index (χ1v) is 5.59. The smallest absolute Gasteiger partial charge is 0.186 e. The number of ketones is 1. The van der Waals surface area contributed by atoms with Crippen molar-refractivity contribution in [2.45, 2.75) is 6.42 Å². The van der Waals surface area contributed by atoms with E-state index in [0.29, 0.717) is 12.1 Å². The zero-order valence-corrected chi connectivity index (χ0v) is 10.0. The van der Waals surface area contributed by atoms with Gasteiger partial charge < -0.3 is 0 Å². The number of pyridine rings is 2. The highest BCUT2D eigenvalue weighted by atomic mass is 79.9. The molecule has 2 rings (SSSR count). The van der Waals surface area contributed by atoms with Gasteiger partial charge in [-0.1, -0.05) is 6.07 Å². The number of rotatable bonds is 3. The maximum Gasteiger partial charge on any atom is 0.186 e. The number of carbonyl (C=O) groups excluding carboxylic acids is 1. The van der Waals surface area contributed by atoms with Gasteiger partial charge in [0.15, 0.2) is 5.78 Å². The lowest BCUT2D eigenvalue weighted by Crippen LogP contribution is -2.06. The summed E-state index contributed by atoms with van der Waals surface area (Å²) in [6.45, 7) is 0. The molecule has 0 fully saturated rings. The molecule has 0 spiro atoms. The van der Waals surface area contributed by atoms with Crippen LogP contribution < -0.4 is 0 Å². The van der Waals surface area contributed by atoms with Crippen molar-refractivity contribution in [1.29, 1.82) is 0 Å². The molecule has 80 valence electrons. The Morgan fingerprint density at radius 1 is 1.25 bits per heavy atom. The molecule has 3 nitrogen and oxygen atoms in total. The number of hydrogen-bond acceptors (Lipinski definition) is 3. The lowest BCUT2D eigenvalue weighted by Gasteiger charge is -2.01. The number of nitrogens with zero attached hydrogens (tertiary/aromatic N) is 2. The van der Waals surface area contributed by atoms with E-state index in [4.69, 9.17) is 0 Å². The molecular weight excluding hydrogens is 268 g/mol. The van der Waals surface area contributed by atoms with Crippen LogP contribution in [0.4, 0.5) is 0 Å². The number of hydrogen-bond donors (Lipinski definition) is 0. The highest BCUT2D eigenvalue weighted by molar-refractivity contribution is 9.10. The molecule has 2 heterocycles. The van der Waals surface area contributed by atoms with Gasteiger partial charge >= 0.3 is 0 Å². The Morgan fingerprint density at radius 3 is 2.75 bits per heavy atom. The summed E-state index contributed by atoms with van der Waals surface area (Å²) in [6, 6.07) is 7.28. The molecule has 0 saturated carbocycles. The largest absolute Gasteiger partial charge is 0.292 e. The molecule has 4 heteroatoms. The Bertz CT molecular complexity index is 499. The van der Waals surface area contributed by atoms with Gasteiger partial charge in [0, 0.05) is 29.5 Å². The average molecular weight is 277 g/mol. The van der Waals surface area contributed by atoms with E-state index in [1.165, 1.54) is 0 Å². The van der Waals surface area contributed by atoms with E-state index >= 15 is 0 Å². The molecule has 0 atom stereocenters. The molecule has 0 aliphatic rings. The van der Waals surface area contributed by atoms with Crippen LogP contribution in [-0.4, -0.2) is 15.8 Å². The topological polar surface area (TPSA) is 42.9 Å². The number of halogens is 1. The maximum atomic E-state index is 11.9. The third-order valence-corrected chi connectivity index (χ3v) is 2.75. The van der Waals surface area contributed by atoms with E-state index in [2.05, 4.69) is 25.9 Å². The van der Waals surface area contributed by atoms with Gasteiger partial charge in [0.2, 0.25) is 0 Å². The number of aromatic nitrogens is 2. The second-order valence-electron chi connectivity index (χ2n) is 3.30. The minimum absolute atomic E-state index is 0.0134. The summed E-state index contributed by atoms with van der Waals surface area (Å²) < 4.78 is 0.726. The summed E-state index contributed by atoms with van der Waals surface area (Å²) in [5.74, 6) is -0.0134. The molecule has 0 radical (unpaired) electrons. The van der Waals surface area contributed by atoms with E-state index in [0.717, 1.165) is 10.0 Å². The molecule has 0 N–H and O–H groups in total. The predicted molar refractivity (Wildman–Crippen MR) is 64.2 cm³/mol. The van der Waals surface area contributed by atoms with Crippen LogP contribution in [0.2, 0.25) is 0 Å². The van der Waals surface area contributed by atoms with Crippen LogP contribution in [-0.2, 0) is 6.42 Å². The van der Waals surface area contributed by atoms with Crippen molar-refractivity contribution in [3.05, 3.63) is 58.6 Å². The van der Waals surface area contributed by atoms with Gasteiger partial charge in [0.25, 0.3) is 0 Å². The van der Waals surface area contributed by atoms with Crippen molar-refractivity contribution < 1.29 is 4.79 Å². The Morgan fingerprint density at radius 2 is 2.06 bits per heavy atom. The van der Waals surface area contributed by atoms with E-state index in [9.17, 15) is 4.79 Å². The van der Waals surface area contributed by atoms with E-state index < -0.39 is 0 Å². The zero-order chi connectivity index (χ0) is 11.4. The summed E-state index contributed by atoms with van der Waals surface area (Å²) in [6.07, 6.45) is 5.31. The molecule has 0 aliphatic carbocycles. The molecule has 0 bridgehead atoms. The number of Topliss-reactive ketones (excluding diaryl/α,β-unsaturated/α-hetero) is 1. The third-order valence-electron chi connectivity index (χ3n) is 2.11. The van der Waals surface area contributed by atoms with Gasteiger partial charge in [-0.05, 0) is 39.7 Å². The highest BCUT2D eigenvalue weighted by Gasteiger charge is 2.11. The Labute approximate surface area is 102 Å². The third kappa shape index (κ3) is 2.52. The molecule has 0 aromatic carbocycles. The average Bonchev–Trinajstić information content (AvgIpc) is 2.31. The Kier molecular flexibility index (Phi) is 3.41. The molecule has 0 saturated heterocycles. The monoisotopic (exact) mass is 276 g/mol. The van der Waals surface area contributed by atoms with Crippen molar-refractivity contribution in [3.63, 3.8) is 0 Å². The Balaban J connectivity index is 2.19. The summed E-state index contributed by atoms with van der Waals surface area (Å²) in [7, 11) is 0. The van der Waals surface area contributed by atoms with Crippen molar-refractivity contribution >= 4 is 21.7 Å². The first kappa shape index (κ1) is 11.0. The van der Waals surface area contributed by atoms with Gasteiger partial charge in [-0.25, -0.2) is 0 Å². The molecule has 0 amide bonds. The second kappa shape index (κ2) is 4.99. The van der Waals surface area contributed by atoms with Crippen molar-refractivity contribution in [3.8, 4) is 0 Å². The summed E-state index contributed by atoms with van der Waals surface area (Å²) in [5.41, 5.74) is 1.36. The maximum absolute atomic E-state index is 11.9. The SMILES string of the molecule is O=C(Cc1cccnc1)c1ncccc1Br. The molecule has 0 aliphatic heterocycles. The van der Waals surface area contributed by atoms with Crippen molar-refractivity contribution in [1.82, 2.24) is 9.97 Å². The molecule has 0 unspecified atom stereocenters. The Hall–Kier alpha value is -1.55. The van der Waals surface area contributed by atoms with Crippen LogP contribution in [0, 0.1) is 0 Å². The van der Waals surface area contributed by atoms with Gasteiger partial charge in [-0.3, -0.25) is 14.8 Å². The lowest BCUT2D eigenvalue weighted by molar-refractivity contribution is 0.0987. The van der Waals surface area contributed by atoms with E-state index in [-0.39, 0.29) is 5.78 Å². The van der Waals surface area contributed by atoms with Gasteiger partial charge in [0.1, 0.15) is 5.69 Å². The van der Waals surface area contributed by atoms with Crippen LogP contribution in [0.15, 0.2) is 47.3 Å². The highest BCUT2D eigenvalue weighted by Crippen LogP contribution is 2.15. The van der Waals surface area contributed by atoms with E-state index in [1.807, 2.05) is 18.2 Å². The molecule has 2 aromatic heterocycles. The number of carbonyl (C=O) groups is 1. The van der Waals surface area contributed by atoms with Crippen LogP contribution in [0.3, 0.4) is 0 Å². The van der Waals surface area contributed by atoms with E-state index in [1.54, 1.807) is 24.7 Å². The van der Waals surface area contributed by atoms with Crippen LogP contribution >= 0.6 is 15.9 Å². The van der Waals surface area contributed by atoms with Crippen LogP contribution in [0.5, 0.6) is 0 Å². The standard InChI is InChI=1S/C12H9BrN2O/c13-10-4-2-6-15-12(10)11(16)7-9-3-1-5-14-8-9/h1-6,8H,7H2. The fourth-order valence-corrected chi connectivity index (χ4v) is 1.84. The minimum Gasteiger partial charge on any atom is -0.292 e. The molecule has 2 aromatic rings. The van der Waals surface area contributed by atoms with Gasteiger partial charge in [-0.2, -0.15) is 0 Å². The predicted octanol–water partition coefficient (Wildman–Crippen LogP) is 2.66. The minimum atomic E-state index is -0.0134. The van der Waals surface area contributed by atoms with Gasteiger partial charge in [-0.15, -0.1) is 0 Å². The normalized spacial score (nSPS) is 10.1. The second-order valence-corrected chi connectivity index (χ2v) is 4.15. The molecule has 16 heavy (non-hydrogen) atoms. The lowest BCUT2D eigenvalue weighted by atomic mass is 10.1. The summed E-state index contributed by atoms with van der Waals surface area (Å²) in [4.78, 5) is 19.9. The van der Waals surface area contributed by atoms with Gasteiger partial charge in [0.05, 0.1) is 0 Å². The summed E-state index contributed by atoms with van der Waals surface area (Å²) in [5, 5.41) is 0. The fourth-order valence-electron chi connectivity index (χ4n) is 1.36. The van der Waals surface area contributed by atoms with Crippen molar-refractivity contribution in [2.24, 2.45) is 0 Å². The van der Waals surface area contributed by atoms with Crippen molar-refractivity contribution in [2.75, 3.05) is 0 Å². The first-order chi connectivity index (χ1) is 7.77. The zero-order valence-electron chi connectivity index (χ0n) is 8.43. The van der Waals surface area contributed by atoms with Crippen LogP contribution in [0.1, 0.15) is 16.1 Å². The molecular formula is C12H9BrN2O. The van der Waals surface area contributed by atoms with Crippen LogP contribution in [0.25, 0.3) is 0 Å². The fraction of sp³-hybridized carbons (Fsp3) is 0.0833. The quantitative estimate of drug-likeness (QED) is 0.810. The first-order valence-electron chi connectivity index (χ1n) is 4.80.